The van der Waals surface area contributed by atoms with Crippen LogP contribution < -0.4 is 25.2 Å². The van der Waals surface area contributed by atoms with Crippen molar-refractivity contribution in [1.29, 1.82) is 0 Å². The van der Waals surface area contributed by atoms with Gasteiger partial charge in [0.05, 0.1) is 25.0 Å². The Labute approximate surface area is 202 Å². The Balaban J connectivity index is 1.78. The molecule has 8 nitrogen and oxygen atoms in total. The molecule has 0 saturated carbocycles. The zero-order chi connectivity index (χ0) is 24.5. The molecule has 2 amide bonds. The van der Waals surface area contributed by atoms with Gasteiger partial charge in [-0.1, -0.05) is 26.0 Å². The fourth-order valence-electron chi connectivity index (χ4n) is 4.10. The largest absolute Gasteiger partial charge is 0.495 e. The molecule has 3 rings (SSSR count). The smallest absolute Gasteiger partial charge is 0.253 e. The van der Waals surface area contributed by atoms with Crippen molar-refractivity contribution in [3.05, 3.63) is 48.0 Å². The van der Waals surface area contributed by atoms with Crippen molar-refractivity contribution in [2.45, 2.75) is 20.3 Å². The summed E-state index contributed by atoms with van der Waals surface area (Å²) in [6.07, 6.45) is 0.433. The number of hydrogen-bond acceptors (Lipinski definition) is 6. The zero-order valence-electron chi connectivity index (χ0n) is 20.6. The van der Waals surface area contributed by atoms with Crippen molar-refractivity contribution in [3.63, 3.8) is 0 Å². The summed E-state index contributed by atoms with van der Waals surface area (Å²) in [4.78, 5) is 29.8. The normalized spacial score (nSPS) is 13.7. The van der Waals surface area contributed by atoms with E-state index in [-0.39, 0.29) is 17.7 Å². The molecule has 1 aliphatic heterocycles. The van der Waals surface area contributed by atoms with Crippen LogP contribution in [0, 0.1) is 5.92 Å². The van der Waals surface area contributed by atoms with Crippen LogP contribution in [0.2, 0.25) is 0 Å². The van der Waals surface area contributed by atoms with Crippen LogP contribution in [0.5, 0.6) is 5.75 Å². The molecular formula is C26H36N4O4. The van der Waals surface area contributed by atoms with Crippen molar-refractivity contribution in [2.75, 3.05) is 68.7 Å². The van der Waals surface area contributed by atoms with Crippen molar-refractivity contribution in [1.82, 2.24) is 5.32 Å². The van der Waals surface area contributed by atoms with Gasteiger partial charge in [-0.2, -0.15) is 0 Å². The van der Waals surface area contributed by atoms with Gasteiger partial charge < -0.3 is 29.9 Å². The molecular weight excluding hydrogens is 432 g/mol. The van der Waals surface area contributed by atoms with Gasteiger partial charge in [-0.15, -0.1) is 0 Å². The molecule has 0 spiro atoms. The summed E-state index contributed by atoms with van der Waals surface area (Å²) in [6.45, 7) is 7.98. The maximum Gasteiger partial charge on any atom is 0.253 e. The topological polar surface area (TPSA) is 83.1 Å². The highest BCUT2D eigenvalue weighted by Gasteiger charge is 2.24. The van der Waals surface area contributed by atoms with Crippen LogP contribution in [-0.4, -0.2) is 65.4 Å². The number of carbonyl (C=O) groups is 2. The molecule has 0 atom stereocenters. The Kier molecular flexibility index (Phi) is 9.16. The van der Waals surface area contributed by atoms with Crippen molar-refractivity contribution < 1.29 is 19.1 Å². The summed E-state index contributed by atoms with van der Waals surface area (Å²) < 4.78 is 10.6. The molecule has 0 aliphatic carbocycles. The van der Waals surface area contributed by atoms with Gasteiger partial charge in [-0.05, 0) is 36.2 Å². The molecule has 34 heavy (non-hydrogen) atoms. The first-order chi connectivity index (χ1) is 16.4. The standard InChI is InChI=1S/C26H36N4O4/c1-19(2)17-25(31)28-20-9-10-22(21(18-20)26(32)27-11-16-33-3)29-12-14-30(15-13-29)23-7-5-6-8-24(23)34-4/h5-10,18-19H,11-17H2,1-4H3,(H,27,32)(H,28,31). The van der Waals surface area contributed by atoms with Crippen LogP contribution in [0.15, 0.2) is 42.5 Å². The average Bonchev–Trinajstić information content (AvgIpc) is 2.83. The van der Waals surface area contributed by atoms with Crippen molar-refractivity contribution in [3.8, 4) is 5.75 Å². The summed E-state index contributed by atoms with van der Waals surface area (Å²) in [5, 5.41) is 5.83. The second kappa shape index (κ2) is 12.3. The van der Waals surface area contributed by atoms with E-state index >= 15 is 0 Å². The summed E-state index contributed by atoms with van der Waals surface area (Å²) in [5.41, 5.74) is 3.10. The third-order valence-electron chi connectivity index (χ3n) is 5.76. The van der Waals surface area contributed by atoms with Gasteiger partial charge in [0.1, 0.15) is 5.75 Å². The Morgan fingerprint density at radius 2 is 1.65 bits per heavy atom. The van der Waals surface area contributed by atoms with Gasteiger partial charge in [-0.3, -0.25) is 9.59 Å². The fraction of sp³-hybridized carbons (Fsp3) is 0.462. The summed E-state index contributed by atoms with van der Waals surface area (Å²) in [6, 6.07) is 13.6. The molecule has 184 valence electrons. The number of nitrogens with zero attached hydrogens (tertiary/aromatic N) is 2. The van der Waals surface area contributed by atoms with E-state index in [2.05, 4.69) is 26.5 Å². The molecule has 1 fully saturated rings. The van der Waals surface area contributed by atoms with Gasteiger partial charge in [0, 0.05) is 57.6 Å². The third-order valence-corrected chi connectivity index (χ3v) is 5.76. The number of para-hydroxylation sites is 2. The van der Waals surface area contributed by atoms with E-state index in [1.807, 2.05) is 44.2 Å². The van der Waals surface area contributed by atoms with E-state index < -0.39 is 0 Å². The monoisotopic (exact) mass is 468 g/mol. The van der Waals surface area contributed by atoms with E-state index in [1.54, 1.807) is 20.3 Å². The fourth-order valence-corrected chi connectivity index (χ4v) is 4.10. The van der Waals surface area contributed by atoms with Crippen LogP contribution in [0.25, 0.3) is 0 Å². The quantitative estimate of drug-likeness (QED) is 0.520. The minimum Gasteiger partial charge on any atom is -0.495 e. The number of carbonyl (C=O) groups excluding carboxylic acids is 2. The number of amides is 2. The second-order valence-corrected chi connectivity index (χ2v) is 8.77. The van der Waals surface area contributed by atoms with Gasteiger partial charge >= 0.3 is 0 Å². The van der Waals surface area contributed by atoms with Gasteiger partial charge in [-0.25, -0.2) is 0 Å². The molecule has 8 heteroatoms. The van der Waals surface area contributed by atoms with E-state index in [0.717, 1.165) is 43.3 Å². The molecule has 1 aliphatic rings. The molecule has 2 aromatic carbocycles. The number of piperazine rings is 1. The van der Waals surface area contributed by atoms with E-state index in [0.29, 0.717) is 30.8 Å². The first-order valence-electron chi connectivity index (χ1n) is 11.8. The first-order valence-corrected chi connectivity index (χ1v) is 11.8. The Hall–Kier alpha value is -3.26. The highest BCUT2D eigenvalue weighted by Crippen LogP contribution is 2.31. The molecule has 1 saturated heterocycles. The number of rotatable bonds is 10. The summed E-state index contributed by atoms with van der Waals surface area (Å²) in [7, 11) is 3.29. The number of hydrogen-bond donors (Lipinski definition) is 2. The third kappa shape index (κ3) is 6.63. The SMILES string of the molecule is COCCNC(=O)c1cc(NC(=O)CC(C)C)ccc1N1CCN(c2ccccc2OC)CC1. The molecule has 0 aromatic heterocycles. The Bertz CT molecular complexity index is 971. The van der Waals surface area contributed by atoms with E-state index in [4.69, 9.17) is 9.47 Å². The Morgan fingerprint density at radius 3 is 2.29 bits per heavy atom. The number of anilines is 3. The first kappa shape index (κ1) is 25.4. The zero-order valence-corrected chi connectivity index (χ0v) is 20.6. The van der Waals surface area contributed by atoms with E-state index in [1.165, 1.54) is 0 Å². The minimum atomic E-state index is -0.181. The van der Waals surface area contributed by atoms with Crippen molar-refractivity contribution >= 4 is 28.9 Å². The average molecular weight is 469 g/mol. The van der Waals surface area contributed by atoms with Gasteiger partial charge in [0.15, 0.2) is 0 Å². The number of nitrogens with one attached hydrogen (secondary N) is 2. The minimum absolute atomic E-state index is 0.0566. The predicted molar refractivity (Wildman–Crippen MR) is 136 cm³/mol. The van der Waals surface area contributed by atoms with Crippen LogP contribution in [0.4, 0.5) is 17.1 Å². The molecule has 1 heterocycles. The summed E-state index contributed by atoms with van der Waals surface area (Å²) in [5.74, 6) is 0.879. The maximum atomic E-state index is 13.0. The maximum absolute atomic E-state index is 13.0. The lowest BCUT2D eigenvalue weighted by Gasteiger charge is -2.38. The number of ether oxygens (including phenoxy) is 2. The van der Waals surface area contributed by atoms with E-state index in [9.17, 15) is 9.59 Å². The lowest BCUT2D eigenvalue weighted by Crippen LogP contribution is -2.47. The number of methoxy groups -OCH3 is 2. The molecule has 2 aromatic rings. The molecule has 0 bridgehead atoms. The van der Waals surface area contributed by atoms with Crippen LogP contribution >= 0.6 is 0 Å². The highest BCUT2D eigenvalue weighted by atomic mass is 16.5. The Morgan fingerprint density at radius 1 is 0.971 bits per heavy atom. The second-order valence-electron chi connectivity index (χ2n) is 8.77. The van der Waals surface area contributed by atoms with Crippen molar-refractivity contribution in [2.24, 2.45) is 5.92 Å². The molecule has 2 N–H and O–H groups in total. The predicted octanol–water partition coefficient (Wildman–Crippen LogP) is 3.38. The van der Waals surface area contributed by atoms with Crippen LogP contribution in [0.1, 0.15) is 30.6 Å². The molecule has 0 radical (unpaired) electrons. The highest BCUT2D eigenvalue weighted by molar-refractivity contribution is 6.02. The van der Waals surface area contributed by atoms with Gasteiger partial charge in [0.2, 0.25) is 5.91 Å². The lowest BCUT2D eigenvalue weighted by molar-refractivity contribution is -0.116. The van der Waals surface area contributed by atoms with Crippen LogP contribution in [-0.2, 0) is 9.53 Å². The number of benzene rings is 2. The lowest BCUT2D eigenvalue weighted by atomic mass is 10.1. The molecule has 0 unspecified atom stereocenters. The van der Waals surface area contributed by atoms with Gasteiger partial charge in [0.25, 0.3) is 5.91 Å². The van der Waals surface area contributed by atoms with Crippen LogP contribution in [0.3, 0.4) is 0 Å². The summed E-state index contributed by atoms with van der Waals surface area (Å²) >= 11 is 0.